The van der Waals surface area contributed by atoms with Crippen molar-refractivity contribution in [2.75, 3.05) is 6.54 Å². The average Bonchev–Trinajstić information content (AvgIpc) is 3.19. The third-order valence-corrected chi connectivity index (χ3v) is 5.28. The molecule has 0 saturated carbocycles. The summed E-state index contributed by atoms with van der Waals surface area (Å²) in [6.07, 6.45) is 1.72. The van der Waals surface area contributed by atoms with Crippen LogP contribution in [0.5, 0.6) is 0 Å². The Morgan fingerprint density at radius 3 is 2.54 bits per heavy atom. The van der Waals surface area contributed by atoms with Crippen molar-refractivity contribution in [3.63, 3.8) is 0 Å². The molecule has 3 heterocycles. The number of hydrogen-bond acceptors (Lipinski definition) is 5. The van der Waals surface area contributed by atoms with Crippen LogP contribution in [-0.4, -0.2) is 32.8 Å². The Kier molecular flexibility index (Phi) is 8.02. The second kappa shape index (κ2) is 9.22. The summed E-state index contributed by atoms with van der Waals surface area (Å²) in [6.45, 7) is 10.3. The summed E-state index contributed by atoms with van der Waals surface area (Å²) in [4.78, 5) is 20.0. The van der Waals surface area contributed by atoms with Gasteiger partial charge < -0.3 is 11.1 Å². The predicted octanol–water partition coefficient (Wildman–Crippen LogP) is 4.36. The van der Waals surface area contributed by atoms with E-state index in [0.29, 0.717) is 12.1 Å². The zero-order valence-corrected chi connectivity index (χ0v) is 19.1. The molecule has 3 aromatic heterocycles. The topological polar surface area (TPSA) is 85.8 Å². The fourth-order valence-corrected chi connectivity index (χ4v) is 3.54. The molecule has 28 heavy (non-hydrogen) atoms. The summed E-state index contributed by atoms with van der Waals surface area (Å²) >= 11 is 1.66. The van der Waals surface area contributed by atoms with Crippen LogP contribution in [0.15, 0.2) is 24.4 Å². The molecule has 0 bridgehead atoms. The zero-order chi connectivity index (χ0) is 19.1. The van der Waals surface area contributed by atoms with Crippen molar-refractivity contribution in [3.8, 4) is 10.6 Å². The molecule has 3 aromatic rings. The molecule has 9 heteroatoms. The minimum absolute atomic E-state index is 0. The van der Waals surface area contributed by atoms with Gasteiger partial charge in [0, 0.05) is 23.0 Å². The Labute approximate surface area is 181 Å². The molecule has 3 rings (SSSR count). The molecule has 0 fully saturated rings. The SMILES string of the molecule is Cc1ccc(-c2cc(C(=O)NC(C)(C)CN)c3cnn(C(C)C)c3n2)s1.Cl.Cl. The van der Waals surface area contributed by atoms with Crippen LogP contribution in [0.3, 0.4) is 0 Å². The maximum atomic E-state index is 13.0. The van der Waals surface area contributed by atoms with Crippen LogP contribution in [0.1, 0.15) is 49.0 Å². The number of carbonyl (C=O) groups excluding carboxylic acids is 1. The van der Waals surface area contributed by atoms with Gasteiger partial charge in [0.15, 0.2) is 5.65 Å². The third-order valence-electron chi connectivity index (χ3n) is 4.26. The van der Waals surface area contributed by atoms with E-state index in [1.54, 1.807) is 17.5 Å². The van der Waals surface area contributed by atoms with Gasteiger partial charge >= 0.3 is 0 Å². The largest absolute Gasteiger partial charge is 0.346 e. The number of aromatic nitrogens is 3. The molecule has 0 radical (unpaired) electrons. The molecule has 0 unspecified atom stereocenters. The molecule has 3 N–H and O–H groups in total. The smallest absolute Gasteiger partial charge is 0.252 e. The Balaban J connectivity index is 0.00000196. The van der Waals surface area contributed by atoms with E-state index in [9.17, 15) is 4.79 Å². The molecule has 0 aliphatic carbocycles. The van der Waals surface area contributed by atoms with Crippen molar-refractivity contribution in [1.82, 2.24) is 20.1 Å². The monoisotopic (exact) mass is 443 g/mol. The molecule has 0 spiro atoms. The van der Waals surface area contributed by atoms with Crippen molar-refractivity contribution in [1.29, 1.82) is 0 Å². The third kappa shape index (κ3) is 4.84. The molecule has 154 valence electrons. The second-order valence-corrected chi connectivity index (χ2v) is 8.72. The highest BCUT2D eigenvalue weighted by molar-refractivity contribution is 7.15. The number of nitrogens with zero attached hydrogens (tertiary/aromatic N) is 3. The quantitative estimate of drug-likeness (QED) is 0.612. The maximum Gasteiger partial charge on any atom is 0.252 e. The molecular weight excluding hydrogens is 417 g/mol. The summed E-state index contributed by atoms with van der Waals surface area (Å²) in [5.41, 5.74) is 7.37. The Bertz CT molecular complexity index is 965. The van der Waals surface area contributed by atoms with Crippen LogP contribution in [-0.2, 0) is 0 Å². The van der Waals surface area contributed by atoms with Crippen LogP contribution in [0.25, 0.3) is 21.6 Å². The number of halogens is 2. The highest BCUT2D eigenvalue weighted by atomic mass is 35.5. The van der Waals surface area contributed by atoms with Gasteiger partial charge in [-0.1, -0.05) is 0 Å². The molecule has 0 atom stereocenters. The highest BCUT2D eigenvalue weighted by Crippen LogP contribution is 2.30. The van der Waals surface area contributed by atoms with Crippen molar-refractivity contribution in [2.45, 2.75) is 46.2 Å². The highest BCUT2D eigenvalue weighted by Gasteiger charge is 2.23. The molecular formula is C19H27Cl2N5OS. The van der Waals surface area contributed by atoms with Gasteiger partial charge in [0.25, 0.3) is 5.91 Å². The zero-order valence-electron chi connectivity index (χ0n) is 16.6. The van der Waals surface area contributed by atoms with Gasteiger partial charge in [-0.25, -0.2) is 9.67 Å². The summed E-state index contributed by atoms with van der Waals surface area (Å²) in [5.74, 6) is -0.161. The minimum Gasteiger partial charge on any atom is -0.346 e. The van der Waals surface area contributed by atoms with Gasteiger partial charge in [-0.3, -0.25) is 4.79 Å². The number of amides is 1. The lowest BCUT2D eigenvalue weighted by molar-refractivity contribution is 0.0917. The average molecular weight is 444 g/mol. The first-order valence-corrected chi connectivity index (χ1v) is 9.51. The second-order valence-electron chi connectivity index (χ2n) is 7.43. The van der Waals surface area contributed by atoms with Crippen molar-refractivity contribution < 1.29 is 4.79 Å². The lowest BCUT2D eigenvalue weighted by Crippen LogP contribution is -2.48. The van der Waals surface area contributed by atoms with Crippen molar-refractivity contribution in [3.05, 3.63) is 34.8 Å². The van der Waals surface area contributed by atoms with E-state index in [-0.39, 0.29) is 36.8 Å². The molecule has 0 aliphatic heterocycles. The Hall–Kier alpha value is -1.67. The van der Waals surface area contributed by atoms with Crippen LogP contribution >= 0.6 is 36.2 Å². The molecule has 0 aromatic carbocycles. The summed E-state index contributed by atoms with van der Waals surface area (Å²) < 4.78 is 1.85. The Morgan fingerprint density at radius 2 is 2.00 bits per heavy atom. The van der Waals surface area contributed by atoms with Crippen LogP contribution in [0, 0.1) is 6.92 Å². The van der Waals surface area contributed by atoms with E-state index in [2.05, 4.69) is 23.4 Å². The van der Waals surface area contributed by atoms with E-state index in [0.717, 1.165) is 21.6 Å². The van der Waals surface area contributed by atoms with Gasteiger partial charge in [-0.05, 0) is 52.8 Å². The first kappa shape index (κ1) is 24.4. The standard InChI is InChI=1S/C19H25N5OS.2ClH/c1-11(2)24-17-14(9-21-24)13(18(25)23-19(4,5)10-20)8-15(22-17)16-7-6-12(3)26-16;;/h6-9,11H,10,20H2,1-5H3,(H,23,25);2*1H. The van der Waals surface area contributed by atoms with Crippen molar-refractivity contribution >= 4 is 53.1 Å². The van der Waals surface area contributed by atoms with E-state index in [4.69, 9.17) is 10.7 Å². The van der Waals surface area contributed by atoms with E-state index in [1.807, 2.05) is 44.5 Å². The lowest BCUT2D eigenvalue weighted by atomic mass is 10.0. The minimum atomic E-state index is -0.486. The normalized spacial score (nSPS) is 11.2. The summed E-state index contributed by atoms with van der Waals surface area (Å²) in [5, 5.41) is 8.21. The predicted molar refractivity (Wildman–Crippen MR) is 121 cm³/mol. The fourth-order valence-electron chi connectivity index (χ4n) is 2.71. The lowest BCUT2D eigenvalue weighted by Gasteiger charge is -2.24. The maximum absolute atomic E-state index is 13.0. The van der Waals surface area contributed by atoms with Crippen LogP contribution in [0.2, 0.25) is 0 Å². The van der Waals surface area contributed by atoms with Gasteiger partial charge in [0.05, 0.1) is 27.7 Å². The Morgan fingerprint density at radius 1 is 1.32 bits per heavy atom. The summed E-state index contributed by atoms with van der Waals surface area (Å²) in [6, 6.07) is 6.09. The molecule has 0 aliphatic rings. The molecule has 6 nitrogen and oxygen atoms in total. The van der Waals surface area contributed by atoms with Gasteiger partial charge in [-0.15, -0.1) is 36.2 Å². The molecule has 1 amide bonds. The fraction of sp³-hybridized carbons (Fsp3) is 0.421. The first-order chi connectivity index (χ1) is 12.2. The number of nitrogens with two attached hydrogens (primary N) is 1. The van der Waals surface area contributed by atoms with Crippen LogP contribution in [0.4, 0.5) is 0 Å². The number of thiophene rings is 1. The number of rotatable bonds is 5. The van der Waals surface area contributed by atoms with Gasteiger partial charge in [-0.2, -0.15) is 5.10 Å². The molecule has 0 saturated heterocycles. The number of aryl methyl sites for hydroxylation is 1. The van der Waals surface area contributed by atoms with Gasteiger partial charge in [0.2, 0.25) is 0 Å². The van der Waals surface area contributed by atoms with Crippen molar-refractivity contribution in [2.24, 2.45) is 5.73 Å². The first-order valence-electron chi connectivity index (χ1n) is 8.69. The van der Waals surface area contributed by atoms with Gasteiger partial charge in [0.1, 0.15) is 0 Å². The van der Waals surface area contributed by atoms with E-state index >= 15 is 0 Å². The van der Waals surface area contributed by atoms with E-state index < -0.39 is 5.54 Å². The number of nitrogens with one attached hydrogen (secondary N) is 1. The number of carbonyl (C=O) groups is 1. The number of hydrogen-bond donors (Lipinski definition) is 2. The summed E-state index contributed by atoms with van der Waals surface area (Å²) in [7, 11) is 0. The number of fused-ring (bicyclic) bond motifs is 1. The van der Waals surface area contributed by atoms with E-state index in [1.165, 1.54) is 4.88 Å². The van der Waals surface area contributed by atoms with Crippen LogP contribution < -0.4 is 11.1 Å². The number of pyridine rings is 1.